The summed E-state index contributed by atoms with van der Waals surface area (Å²) in [6.07, 6.45) is 3.21. The van der Waals surface area contributed by atoms with E-state index < -0.39 is 5.60 Å². The molecule has 2 aromatic heterocycles. The molecule has 1 aliphatic rings. The Morgan fingerprint density at radius 3 is 2.68 bits per heavy atom. The molecule has 164 valence electrons. The number of ether oxygens (including phenoxy) is 1. The minimum Gasteiger partial charge on any atom is -0.444 e. The minimum absolute atomic E-state index is 0.0521. The van der Waals surface area contributed by atoms with E-state index in [1.165, 1.54) is 12.1 Å². The minimum atomic E-state index is -0.521. The molecule has 1 fully saturated rings. The third kappa shape index (κ3) is 4.19. The molecule has 1 amide bonds. The molecule has 1 aliphatic heterocycles. The summed E-state index contributed by atoms with van der Waals surface area (Å²) in [5.41, 5.74) is 1.93. The highest BCUT2D eigenvalue weighted by Crippen LogP contribution is 2.32. The molecule has 8 heteroatoms. The molecule has 0 aliphatic carbocycles. The van der Waals surface area contributed by atoms with Crippen molar-refractivity contribution in [3.05, 3.63) is 48.2 Å². The molecule has 3 aromatic rings. The van der Waals surface area contributed by atoms with Gasteiger partial charge in [0.05, 0.1) is 5.39 Å². The number of aryl methyl sites for hydroxylation is 1. The van der Waals surface area contributed by atoms with Crippen LogP contribution in [0, 0.1) is 12.7 Å². The highest BCUT2D eigenvalue weighted by molar-refractivity contribution is 5.92. The van der Waals surface area contributed by atoms with Crippen molar-refractivity contribution in [2.24, 2.45) is 0 Å². The van der Waals surface area contributed by atoms with Crippen LogP contribution in [-0.4, -0.2) is 56.8 Å². The molecule has 3 heterocycles. The summed E-state index contributed by atoms with van der Waals surface area (Å²) < 4.78 is 21.2. The predicted octanol–water partition coefficient (Wildman–Crippen LogP) is 4.31. The number of benzene rings is 1. The summed E-state index contributed by atoms with van der Waals surface area (Å²) in [4.78, 5) is 25.5. The van der Waals surface area contributed by atoms with Crippen LogP contribution in [0.3, 0.4) is 0 Å². The third-order valence-electron chi connectivity index (χ3n) is 5.39. The normalized spacial score (nSPS) is 17.3. The van der Waals surface area contributed by atoms with Gasteiger partial charge in [0.1, 0.15) is 29.2 Å². The molecule has 0 bridgehead atoms. The van der Waals surface area contributed by atoms with Crippen LogP contribution in [0.15, 0.2) is 36.8 Å². The number of rotatable bonds is 2. The Hall–Kier alpha value is -3.16. The third-order valence-corrected chi connectivity index (χ3v) is 5.39. The molecule has 1 atom stereocenters. The van der Waals surface area contributed by atoms with Gasteiger partial charge in [-0.3, -0.25) is 0 Å². The van der Waals surface area contributed by atoms with E-state index in [1.807, 2.05) is 44.5 Å². The number of hydrogen-bond acceptors (Lipinski definition) is 5. The maximum atomic E-state index is 13.8. The first-order valence-corrected chi connectivity index (χ1v) is 10.5. The first-order chi connectivity index (χ1) is 14.6. The summed E-state index contributed by atoms with van der Waals surface area (Å²) in [5.74, 6) is 0.534. The number of nitrogens with zero attached hydrogens (tertiary/aromatic N) is 5. The van der Waals surface area contributed by atoms with Gasteiger partial charge in [0.2, 0.25) is 0 Å². The number of carbonyl (C=O) groups excluding carboxylic acids is 1. The Morgan fingerprint density at radius 2 is 2.00 bits per heavy atom. The molecule has 0 unspecified atom stereocenters. The summed E-state index contributed by atoms with van der Waals surface area (Å²) in [5, 5.41) is 0.935. The Balaban J connectivity index is 1.64. The highest BCUT2D eigenvalue weighted by atomic mass is 19.1. The van der Waals surface area contributed by atoms with Gasteiger partial charge in [-0.2, -0.15) is 0 Å². The van der Waals surface area contributed by atoms with Gasteiger partial charge in [-0.15, -0.1) is 0 Å². The number of halogens is 1. The Bertz CT molecular complexity index is 1120. The molecule has 4 rings (SSSR count). The van der Waals surface area contributed by atoms with Crippen LogP contribution in [0.2, 0.25) is 0 Å². The van der Waals surface area contributed by atoms with E-state index in [2.05, 4.69) is 21.8 Å². The van der Waals surface area contributed by atoms with Crippen molar-refractivity contribution < 1.29 is 13.9 Å². The van der Waals surface area contributed by atoms with E-state index in [9.17, 15) is 9.18 Å². The largest absolute Gasteiger partial charge is 0.444 e. The topological polar surface area (TPSA) is 63.5 Å². The number of anilines is 1. The zero-order valence-electron chi connectivity index (χ0n) is 18.6. The van der Waals surface area contributed by atoms with Gasteiger partial charge in [0, 0.05) is 37.6 Å². The van der Waals surface area contributed by atoms with Gasteiger partial charge in [-0.1, -0.05) is 6.07 Å². The lowest BCUT2D eigenvalue weighted by Gasteiger charge is -2.41. The van der Waals surface area contributed by atoms with Crippen LogP contribution in [-0.2, 0) is 4.74 Å². The lowest BCUT2D eigenvalue weighted by atomic mass is 10.1. The van der Waals surface area contributed by atoms with E-state index >= 15 is 0 Å². The monoisotopic (exact) mass is 425 g/mol. The molecule has 0 spiro atoms. The average Bonchev–Trinajstić information content (AvgIpc) is 3.04. The molecular weight excluding hydrogens is 397 g/mol. The fourth-order valence-electron chi connectivity index (χ4n) is 4.03. The van der Waals surface area contributed by atoms with Crippen molar-refractivity contribution in [1.82, 2.24) is 19.4 Å². The Morgan fingerprint density at radius 1 is 1.23 bits per heavy atom. The van der Waals surface area contributed by atoms with Crippen molar-refractivity contribution in [2.45, 2.75) is 46.3 Å². The van der Waals surface area contributed by atoms with Crippen LogP contribution in [0.4, 0.5) is 15.0 Å². The molecule has 31 heavy (non-hydrogen) atoms. The second kappa shape index (κ2) is 7.83. The summed E-state index contributed by atoms with van der Waals surface area (Å²) in [6.45, 7) is 11.4. The SMILES string of the molecule is Cc1cn(-c2cccc(F)c2)c2ncnc(N3CCN(C(=O)OC(C)(C)C)C[C@@H]3C)c12. The standard InChI is InChI=1S/C23H28FN5O2/c1-15-12-29(18-8-6-7-17(24)11-18)21-19(15)20(25-14-26-21)28-10-9-27(13-16(28)2)22(30)31-23(3,4)5/h6-8,11-12,14,16H,9-10,13H2,1-5H3/t16-/m0/s1. The summed E-state index contributed by atoms with van der Waals surface area (Å²) >= 11 is 0. The number of aromatic nitrogens is 3. The van der Waals surface area contributed by atoms with Gasteiger partial charge in [-0.05, 0) is 58.4 Å². The molecule has 1 aromatic carbocycles. The van der Waals surface area contributed by atoms with E-state index in [0.29, 0.717) is 25.3 Å². The molecule has 7 nitrogen and oxygen atoms in total. The lowest BCUT2D eigenvalue weighted by molar-refractivity contribution is 0.0218. The van der Waals surface area contributed by atoms with Crippen LogP contribution < -0.4 is 4.90 Å². The zero-order valence-corrected chi connectivity index (χ0v) is 18.6. The van der Waals surface area contributed by atoms with Gasteiger partial charge < -0.3 is 19.1 Å². The fourth-order valence-corrected chi connectivity index (χ4v) is 4.03. The molecular formula is C23H28FN5O2. The van der Waals surface area contributed by atoms with E-state index in [1.54, 1.807) is 17.3 Å². The fraction of sp³-hybridized carbons (Fsp3) is 0.435. The van der Waals surface area contributed by atoms with Crippen molar-refractivity contribution >= 4 is 22.9 Å². The smallest absolute Gasteiger partial charge is 0.410 e. The zero-order chi connectivity index (χ0) is 22.3. The first kappa shape index (κ1) is 21.1. The van der Waals surface area contributed by atoms with Gasteiger partial charge in [0.25, 0.3) is 0 Å². The summed E-state index contributed by atoms with van der Waals surface area (Å²) in [6, 6.07) is 6.51. The second-order valence-electron chi connectivity index (χ2n) is 9.03. The number of hydrogen-bond donors (Lipinski definition) is 0. The predicted molar refractivity (Wildman–Crippen MR) is 118 cm³/mol. The molecule has 0 radical (unpaired) electrons. The maximum Gasteiger partial charge on any atom is 0.410 e. The first-order valence-electron chi connectivity index (χ1n) is 10.5. The Labute approximate surface area is 181 Å². The van der Waals surface area contributed by atoms with E-state index in [-0.39, 0.29) is 18.0 Å². The number of fused-ring (bicyclic) bond motifs is 1. The van der Waals surface area contributed by atoms with Crippen molar-refractivity contribution in [2.75, 3.05) is 24.5 Å². The number of carbonyl (C=O) groups is 1. The number of amides is 1. The van der Waals surface area contributed by atoms with Gasteiger partial charge in [-0.25, -0.2) is 19.2 Å². The van der Waals surface area contributed by atoms with Crippen LogP contribution >= 0.6 is 0 Å². The van der Waals surface area contributed by atoms with E-state index in [4.69, 9.17) is 4.74 Å². The van der Waals surface area contributed by atoms with Crippen LogP contribution in [0.1, 0.15) is 33.3 Å². The van der Waals surface area contributed by atoms with Gasteiger partial charge in [0.15, 0.2) is 0 Å². The maximum absolute atomic E-state index is 13.8. The quantitative estimate of drug-likeness (QED) is 0.612. The Kier molecular flexibility index (Phi) is 5.33. The molecule has 1 saturated heterocycles. The highest BCUT2D eigenvalue weighted by Gasteiger charge is 2.31. The summed E-state index contributed by atoms with van der Waals surface area (Å²) in [7, 11) is 0. The van der Waals surface area contributed by atoms with Gasteiger partial charge >= 0.3 is 6.09 Å². The van der Waals surface area contributed by atoms with Crippen LogP contribution in [0.25, 0.3) is 16.7 Å². The van der Waals surface area contributed by atoms with Crippen molar-refractivity contribution in [3.8, 4) is 5.69 Å². The molecule has 0 N–H and O–H groups in total. The second-order valence-corrected chi connectivity index (χ2v) is 9.03. The van der Waals surface area contributed by atoms with E-state index in [0.717, 1.165) is 22.4 Å². The lowest BCUT2D eigenvalue weighted by Crippen LogP contribution is -2.54. The van der Waals surface area contributed by atoms with Crippen molar-refractivity contribution in [3.63, 3.8) is 0 Å². The van der Waals surface area contributed by atoms with Crippen LogP contribution in [0.5, 0.6) is 0 Å². The molecule has 0 saturated carbocycles. The number of piperazine rings is 1. The van der Waals surface area contributed by atoms with Crippen molar-refractivity contribution in [1.29, 1.82) is 0 Å². The average molecular weight is 426 g/mol.